The third-order valence-corrected chi connectivity index (χ3v) is 4.16. The van der Waals surface area contributed by atoms with Crippen LogP contribution in [0, 0.1) is 6.92 Å². The first-order chi connectivity index (χ1) is 11.2. The molecule has 118 valence electrons. The Labute approximate surface area is 138 Å². The molecule has 0 saturated heterocycles. The molecule has 6 heteroatoms. The van der Waals surface area contributed by atoms with E-state index in [4.69, 9.17) is 4.74 Å². The third-order valence-electron chi connectivity index (χ3n) is 3.24. The van der Waals surface area contributed by atoms with Crippen LogP contribution < -0.4 is 10.2 Å². The van der Waals surface area contributed by atoms with Crippen molar-refractivity contribution in [2.75, 3.05) is 12.0 Å². The van der Waals surface area contributed by atoms with Crippen LogP contribution in [-0.4, -0.2) is 22.9 Å². The fourth-order valence-electron chi connectivity index (χ4n) is 2.15. The highest BCUT2D eigenvalue weighted by Gasteiger charge is 2.06. The van der Waals surface area contributed by atoms with Gasteiger partial charge in [0.05, 0.1) is 23.0 Å². The summed E-state index contributed by atoms with van der Waals surface area (Å²) in [5, 5.41) is 15.0. The molecular formula is C17H17N3O2S. The van der Waals surface area contributed by atoms with Crippen LogP contribution in [0.4, 0.5) is 5.13 Å². The average molecular weight is 327 g/mol. The molecule has 0 aliphatic heterocycles. The predicted octanol–water partition coefficient (Wildman–Crippen LogP) is 4.16. The van der Waals surface area contributed by atoms with Crippen LogP contribution in [0.25, 0.3) is 10.2 Å². The lowest BCUT2D eigenvalue weighted by Crippen LogP contribution is -1.95. The van der Waals surface area contributed by atoms with Crippen molar-refractivity contribution in [1.29, 1.82) is 0 Å². The van der Waals surface area contributed by atoms with E-state index in [1.807, 2.05) is 25.1 Å². The summed E-state index contributed by atoms with van der Waals surface area (Å²) in [7, 11) is 0. The number of aryl methyl sites for hydroxylation is 1. The van der Waals surface area contributed by atoms with Crippen molar-refractivity contribution in [2.24, 2.45) is 5.10 Å². The second-order valence-electron chi connectivity index (χ2n) is 4.99. The van der Waals surface area contributed by atoms with Gasteiger partial charge in [0.1, 0.15) is 0 Å². The van der Waals surface area contributed by atoms with Crippen molar-refractivity contribution in [1.82, 2.24) is 4.98 Å². The number of nitrogens with zero attached hydrogens (tertiary/aromatic N) is 2. The quantitative estimate of drug-likeness (QED) is 0.545. The fraction of sp³-hybridized carbons (Fsp3) is 0.176. The standard InChI is InChI=1S/C17H17N3O2S/c1-3-22-14-6-4-5-12(16(14)21)10-18-20-17-19-13-8-7-11(2)9-15(13)23-17/h4-10,21H,3H2,1-2H3,(H,19,20)/b18-10-. The smallest absolute Gasteiger partial charge is 0.204 e. The molecule has 0 atom stereocenters. The van der Waals surface area contributed by atoms with Crippen LogP contribution in [0.1, 0.15) is 18.1 Å². The lowest BCUT2D eigenvalue weighted by molar-refractivity contribution is 0.318. The van der Waals surface area contributed by atoms with Gasteiger partial charge in [0.25, 0.3) is 0 Å². The number of hydrogen-bond donors (Lipinski definition) is 2. The summed E-state index contributed by atoms with van der Waals surface area (Å²) >= 11 is 1.54. The van der Waals surface area contributed by atoms with E-state index >= 15 is 0 Å². The molecule has 0 aliphatic carbocycles. The van der Waals surface area contributed by atoms with E-state index < -0.39 is 0 Å². The number of phenols is 1. The lowest BCUT2D eigenvalue weighted by Gasteiger charge is -2.06. The number of benzene rings is 2. The van der Waals surface area contributed by atoms with Crippen LogP contribution in [-0.2, 0) is 0 Å². The molecule has 5 nitrogen and oxygen atoms in total. The van der Waals surface area contributed by atoms with Gasteiger partial charge in [-0.2, -0.15) is 5.10 Å². The van der Waals surface area contributed by atoms with Crippen molar-refractivity contribution in [2.45, 2.75) is 13.8 Å². The molecule has 1 heterocycles. The largest absolute Gasteiger partial charge is 0.504 e. The number of rotatable bonds is 5. The molecule has 23 heavy (non-hydrogen) atoms. The van der Waals surface area contributed by atoms with Crippen molar-refractivity contribution >= 4 is 32.9 Å². The van der Waals surface area contributed by atoms with Gasteiger partial charge in [0.15, 0.2) is 11.5 Å². The van der Waals surface area contributed by atoms with Crippen molar-refractivity contribution in [3.8, 4) is 11.5 Å². The first kappa shape index (κ1) is 15.3. The van der Waals surface area contributed by atoms with Crippen LogP contribution in [0.5, 0.6) is 11.5 Å². The van der Waals surface area contributed by atoms with Crippen LogP contribution >= 0.6 is 11.3 Å². The normalized spacial score (nSPS) is 11.2. The van der Waals surface area contributed by atoms with E-state index in [1.54, 1.807) is 18.3 Å². The molecule has 0 radical (unpaired) electrons. The molecule has 2 aromatic carbocycles. The Morgan fingerprint density at radius 2 is 2.22 bits per heavy atom. The summed E-state index contributed by atoms with van der Waals surface area (Å²) in [6.45, 7) is 4.42. The Bertz CT molecular complexity index is 858. The van der Waals surface area contributed by atoms with E-state index in [9.17, 15) is 5.11 Å². The number of para-hydroxylation sites is 1. The third kappa shape index (κ3) is 3.43. The van der Waals surface area contributed by atoms with E-state index in [0.29, 0.717) is 23.1 Å². The summed E-state index contributed by atoms with van der Waals surface area (Å²) in [6, 6.07) is 11.4. The van der Waals surface area contributed by atoms with Gasteiger partial charge >= 0.3 is 0 Å². The Hall–Kier alpha value is -2.60. The molecule has 0 spiro atoms. The molecule has 3 rings (SSSR count). The van der Waals surface area contributed by atoms with E-state index in [-0.39, 0.29) is 5.75 Å². The summed E-state index contributed by atoms with van der Waals surface area (Å²) in [6.07, 6.45) is 1.55. The number of nitrogens with one attached hydrogen (secondary N) is 1. The SMILES string of the molecule is CCOc1cccc(/C=N\Nc2nc3ccc(C)cc3s2)c1O. The van der Waals surface area contributed by atoms with Gasteiger partial charge in [-0.1, -0.05) is 23.5 Å². The maximum atomic E-state index is 10.1. The second kappa shape index (κ2) is 6.66. The number of aromatic nitrogens is 1. The van der Waals surface area contributed by atoms with Gasteiger partial charge in [-0.05, 0) is 43.7 Å². The van der Waals surface area contributed by atoms with E-state index in [0.717, 1.165) is 10.2 Å². The second-order valence-corrected chi connectivity index (χ2v) is 6.02. The predicted molar refractivity (Wildman–Crippen MR) is 94.8 cm³/mol. The Kier molecular flexibility index (Phi) is 4.43. The summed E-state index contributed by atoms with van der Waals surface area (Å²) in [5.74, 6) is 0.534. The number of anilines is 1. The summed E-state index contributed by atoms with van der Waals surface area (Å²) < 4.78 is 6.47. The fourth-order valence-corrected chi connectivity index (χ4v) is 3.07. The monoisotopic (exact) mass is 327 g/mol. The number of thiazole rings is 1. The molecule has 3 aromatic rings. The van der Waals surface area contributed by atoms with E-state index in [1.165, 1.54) is 16.9 Å². The van der Waals surface area contributed by atoms with Crippen LogP contribution in [0.2, 0.25) is 0 Å². The molecule has 0 saturated carbocycles. The van der Waals surface area contributed by atoms with Crippen molar-refractivity contribution < 1.29 is 9.84 Å². The van der Waals surface area contributed by atoms with Gasteiger partial charge in [-0.25, -0.2) is 4.98 Å². The van der Waals surface area contributed by atoms with Crippen LogP contribution in [0.15, 0.2) is 41.5 Å². The van der Waals surface area contributed by atoms with Gasteiger partial charge in [0.2, 0.25) is 5.13 Å². The molecule has 2 N–H and O–H groups in total. The molecule has 0 aliphatic rings. The number of hydrogen-bond acceptors (Lipinski definition) is 6. The lowest BCUT2D eigenvalue weighted by atomic mass is 10.2. The minimum Gasteiger partial charge on any atom is -0.504 e. The first-order valence-electron chi connectivity index (χ1n) is 7.28. The topological polar surface area (TPSA) is 66.7 Å². The van der Waals surface area contributed by atoms with Gasteiger partial charge in [-0.3, -0.25) is 5.43 Å². The number of ether oxygens (including phenoxy) is 1. The minimum atomic E-state index is 0.0832. The maximum absolute atomic E-state index is 10.1. The number of phenolic OH excluding ortho intramolecular Hbond substituents is 1. The van der Waals surface area contributed by atoms with Gasteiger partial charge in [-0.15, -0.1) is 0 Å². The van der Waals surface area contributed by atoms with Gasteiger partial charge < -0.3 is 9.84 Å². The molecule has 0 unspecified atom stereocenters. The molecule has 0 bridgehead atoms. The van der Waals surface area contributed by atoms with Gasteiger partial charge in [0, 0.05) is 5.56 Å². The van der Waals surface area contributed by atoms with E-state index in [2.05, 4.69) is 28.5 Å². The maximum Gasteiger partial charge on any atom is 0.204 e. The molecular weight excluding hydrogens is 310 g/mol. The molecule has 1 aromatic heterocycles. The Balaban J connectivity index is 1.76. The zero-order valence-electron chi connectivity index (χ0n) is 12.9. The number of fused-ring (bicyclic) bond motifs is 1. The summed E-state index contributed by atoms with van der Waals surface area (Å²) in [4.78, 5) is 4.46. The highest BCUT2D eigenvalue weighted by molar-refractivity contribution is 7.22. The zero-order chi connectivity index (χ0) is 16.2. The Morgan fingerprint density at radius 3 is 3.04 bits per heavy atom. The number of aromatic hydroxyl groups is 1. The summed E-state index contributed by atoms with van der Waals surface area (Å²) in [5.41, 5.74) is 5.64. The van der Waals surface area contributed by atoms with Crippen molar-refractivity contribution in [3.63, 3.8) is 0 Å². The highest BCUT2D eigenvalue weighted by Crippen LogP contribution is 2.29. The van der Waals surface area contributed by atoms with Crippen LogP contribution in [0.3, 0.4) is 0 Å². The zero-order valence-corrected chi connectivity index (χ0v) is 13.7. The minimum absolute atomic E-state index is 0.0832. The highest BCUT2D eigenvalue weighted by atomic mass is 32.1. The molecule has 0 amide bonds. The average Bonchev–Trinajstić information content (AvgIpc) is 2.93. The molecule has 0 fully saturated rings. The number of hydrazone groups is 1. The Morgan fingerprint density at radius 1 is 1.35 bits per heavy atom. The van der Waals surface area contributed by atoms with Crippen molar-refractivity contribution in [3.05, 3.63) is 47.5 Å². The first-order valence-corrected chi connectivity index (χ1v) is 8.10.